The lowest BCUT2D eigenvalue weighted by atomic mass is 10.1. The second kappa shape index (κ2) is 5.48. The molecule has 1 saturated heterocycles. The molecule has 1 N–H and O–H groups in total. The predicted molar refractivity (Wildman–Crippen MR) is 79.7 cm³/mol. The summed E-state index contributed by atoms with van der Waals surface area (Å²) in [6.07, 6.45) is 3.71. The summed E-state index contributed by atoms with van der Waals surface area (Å²) in [5, 5.41) is 16.5. The van der Waals surface area contributed by atoms with E-state index in [4.69, 9.17) is 5.26 Å². The van der Waals surface area contributed by atoms with Crippen LogP contribution in [-0.4, -0.2) is 38.7 Å². The fraction of sp³-hybridized carbons (Fsp3) is 0.333. The van der Waals surface area contributed by atoms with Gasteiger partial charge >= 0.3 is 0 Å². The van der Waals surface area contributed by atoms with Crippen LogP contribution in [0.15, 0.2) is 30.6 Å². The minimum Gasteiger partial charge on any atom is -0.379 e. The number of rotatable bonds is 3. The van der Waals surface area contributed by atoms with E-state index >= 15 is 0 Å². The number of pyridine rings is 1. The topological polar surface area (TPSA) is 86.8 Å². The lowest BCUT2D eigenvalue weighted by Crippen LogP contribution is -2.31. The Morgan fingerprint density at radius 3 is 2.86 bits per heavy atom. The zero-order valence-electron chi connectivity index (χ0n) is 12.4. The molecule has 112 valence electrons. The van der Waals surface area contributed by atoms with Crippen molar-refractivity contribution in [2.45, 2.75) is 18.5 Å². The van der Waals surface area contributed by atoms with Gasteiger partial charge in [0.2, 0.25) is 5.91 Å². The molecular weight excluding hydrogens is 280 g/mol. The molecule has 0 spiro atoms. The van der Waals surface area contributed by atoms with Gasteiger partial charge in [-0.2, -0.15) is 10.4 Å². The number of hydrogen-bond acceptors (Lipinski definition) is 5. The van der Waals surface area contributed by atoms with Gasteiger partial charge in [0.15, 0.2) is 0 Å². The standard InChI is InChI=1S/C15H16N6O/c1-20-14(22)8-12(15(20)13-4-6-18-21(13)2)19-10-3-5-17-11(7-10)9-16/h3-7,12,15H,8H2,1-2H3,(H,17,19)/t12-,15-/m1/s1. The highest BCUT2D eigenvalue weighted by Gasteiger charge is 2.39. The van der Waals surface area contributed by atoms with Crippen molar-refractivity contribution >= 4 is 11.6 Å². The molecule has 2 aromatic rings. The molecule has 1 aliphatic rings. The maximum Gasteiger partial charge on any atom is 0.225 e. The Labute approximate surface area is 128 Å². The monoisotopic (exact) mass is 296 g/mol. The van der Waals surface area contributed by atoms with Crippen LogP contribution >= 0.6 is 0 Å². The van der Waals surface area contributed by atoms with Crippen molar-refractivity contribution in [2.75, 3.05) is 12.4 Å². The molecule has 0 bridgehead atoms. The lowest BCUT2D eigenvalue weighted by molar-refractivity contribution is -0.127. The highest BCUT2D eigenvalue weighted by molar-refractivity contribution is 5.80. The van der Waals surface area contributed by atoms with Crippen LogP contribution in [0.3, 0.4) is 0 Å². The number of carbonyl (C=O) groups excluding carboxylic acids is 1. The molecule has 2 atom stereocenters. The zero-order chi connectivity index (χ0) is 15.7. The average molecular weight is 296 g/mol. The van der Waals surface area contributed by atoms with Crippen molar-refractivity contribution in [1.29, 1.82) is 5.26 Å². The first-order chi connectivity index (χ1) is 10.6. The van der Waals surface area contributed by atoms with E-state index in [1.165, 1.54) is 0 Å². The second-order valence-electron chi connectivity index (χ2n) is 5.33. The number of amides is 1. The van der Waals surface area contributed by atoms with E-state index in [1.54, 1.807) is 41.2 Å². The molecule has 0 radical (unpaired) electrons. The Morgan fingerprint density at radius 2 is 2.18 bits per heavy atom. The smallest absolute Gasteiger partial charge is 0.225 e. The first-order valence-electron chi connectivity index (χ1n) is 6.96. The van der Waals surface area contributed by atoms with Crippen molar-refractivity contribution in [1.82, 2.24) is 19.7 Å². The summed E-state index contributed by atoms with van der Waals surface area (Å²) in [6.45, 7) is 0. The summed E-state index contributed by atoms with van der Waals surface area (Å²) in [4.78, 5) is 17.8. The van der Waals surface area contributed by atoms with Crippen LogP contribution in [0.2, 0.25) is 0 Å². The van der Waals surface area contributed by atoms with Crippen LogP contribution in [0, 0.1) is 11.3 Å². The normalized spacial score (nSPS) is 21.0. The fourth-order valence-corrected chi connectivity index (χ4v) is 2.87. The number of nitrogens with zero attached hydrogens (tertiary/aromatic N) is 5. The summed E-state index contributed by atoms with van der Waals surface area (Å²) in [5.41, 5.74) is 2.10. The van der Waals surface area contributed by atoms with Gasteiger partial charge in [0, 0.05) is 38.6 Å². The lowest BCUT2D eigenvalue weighted by Gasteiger charge is -2.26. The van der Waals surface area contributed by atoms with E-state index in [1.807, 2.05) is 19.2 Å². The number of likely N-dealkylation sites (tertiary alicyclic amines) is 1. The second-order valence-corrected chi connectivity index (χ2v) is 5.33. The molecule has 7 heteroatoms. The Morgan fingerprint density at radius 1 is 1.36 bits per heavy atom. The van der Waals surface area contributed by atoms with Crippen molar-refractivity contribution in [3.05, 3.63) is 42.0 Å². The molecule has 0 saturated carbocycles. The van der Waals surface area contributed by atoms with Crippen molar-refractivity contribution in [2.24, 2.45) is 7.05 Å². The number of nitriles is 1. The number of aromatic nitrogens is 3. The highest BCUT2D eigenvalue weighted by Crippen LogP contribution is 2.33. The van der Waals surface area contributed by atoms with E-state index < -0.39 is 0 Å². The SMILES string of the molecule is CN1C(=O)C[C@@H](Nc2ccnc(C#N)c2)[C@@H]1c1ccnn1C. The van der Waals surface area contributed by atoms with Crippen molar-refractivity contribution < 1.29 is 4.79 Å². The van der Waals surface area contributed by atoms with E-state index in [9.17, 15) is 4.79 Å². The van der Waals surface area contributed by atoms with Crippen molar-refractivity contribution in [3.8, 4) is 6.07 Å². The first-order valence-corrected chi connectivity index (χ1v) is 6.96. The van der Waals surface area contributed by atoms with Crippen LogP contribution in [0.4, 0.5) is 5.69 Å². The van der Waals surface area contributed by atoms with Crippen molar-refractivity contribution in [3.63, 3.8) is 0 Å². The van der Waals surface area contributed by atoms with Gasteiger partial charge in [-0.1, -0.05) is 0 Å². The maximum atomic E-state index is 12.1. The summed E-state index contributed by atoms with van der Waals surface area (Å²) in [7, 11) is 3.66. The number of aryl methyl sites for hydroxylation is 1. The molecular formula is C15H16N6O. The van der Waals surface area contributed by atoms with E-state index in [0.29, 0.717) is 12.1 Å². The van der Waals surface area contributed by atoms with E-state index in [0.717, 1.165) is 11.4 Å². The number of likely N-dealkylation sites (N-methyl/N-ethyl adjacent to an activating group) is 1. The Kier molecular flexibility index (Phi) is 3.51. The molecule has 22 heavy (non-hydrogen) atoms. The number of nitrogens with one attached hydrogen (secondary N) is 1. The highest BCUT2D eigenvalue weighted by atomic mass is 16.2. The Hall–Kier alpha value is -2.88. The van der Waals surface area contributed by atoms with Crippen LogP contribution in [0.25, 0.3) is 0 Å². The van der Waals surface area contributed by atoms with Gasteiger partial charge in [0.05, 0.1) is 17.8 Å². The molecule has 1 aliphatic heterocycles. The molecule has 0 unspecified atom stereocenters. The Balaban J connectivity index is 1.89. The minimum absolute atomic E-state index is 0.0816. The summed E-state index contributed by atoms with van der Waals surface area (Å²) < 4.78 is 1.78. The quantitative estimate of drug-likeness (QED) is 0.915. The van der Waals surface area contributed by atoms with Crippen LogP contribution in [0.5, 0.6) is 0 Å². The molecule has 7 nitrogen and oxygen atoms in total. The Bertz CT molecular complexity index is 746. The third-order valence-electron chi connectivity index (χ3n) is 3.97. The van der Waals surface area contributed by atoms with E-state index in [2.05, 4.69) is 15.4 Å². The largest absolute Gasteiger partial charge is 0.379 e. The van der Waals surface area contributed by atoms with Gasteiger partial charge in [0.25, 0.3) is 0 Å². The molecule has 1 fully saturated rings. The number of anilines is 1. The predicted octanol–water partition coefficient (Wildman–Crippen LogP) is 1.07. The third kappa shape index (κ3) is 2.39. The van der Waals surface area contributed by atoms with E-state index in [-0.39, 0.29) is 18.0 Å². The summed E-state index contributed by atoms with van der Waals surface area (Å²) in [6, 6.07) is 7.23. The molecule has 2 aromatic heterocycles. The average Bonchev–Trinajstić information content (AvgIpc) is 3.04. The van der Waals surface area contributed by atoms with Gasteiger partial charge in [-0.15, -0.1) is 0 Å². The van der Waals surface area contributed by atoms with Gasteiger partial charge < -0.3 is 10.2 Å². The van der Waals surface area contributed by atoms with Crippen LogP contribution in [-0.2, 0) is 11.8 Å². The third-order valence-corrected chi connectivity index (χ3v) is 3.97. The number of hydrogen-bond donors (Lipinski definition) is 1. The van der Waals surface area contributed by atoms with Gasteiger partial charge in [0.1, 0.15) is 11.8 Å². The molecule has 1 amide bonds. The number of carbonyl (C=O) groups is 1. The van der Waals surface area contributed by atoms with Gasteiger partial charge in [-0.25, -0.2) is 4.98 Å². The maximum absolute atomic E-state index is 12.1. The van der Waals surface area contributed by atoms with Crippen LogP contribution in [0.1, 0.15) is 23.9 Å². The minimum atomic E-state index is -0.0984. The molecule has 0 aliphatic carbocycles. The zero-order valence-corrected chi connectivity index (χ0v) is 12.4. The summed E-state index contributed by atoms with van der Waals surface area (Å²) >= 11 is 0. The summed E-state index contributed by atoms with van der Waals surface area (Å²) in [5.74, 6) is 0.0817. The van der Waals surface area contributed by atoms with Crippen LogP contribution < -0.4 is 5.32 Å². The molecule has 3 heterocycles. The van der Waals surface area contributed by atoms with Gasteiger partial charge in [-0.3, -0.25) is 9.48 Å². The fourth-order valence-electron chi connectivity index (χ4n) is 2.87. The molecule has 0 aromatic carbocycles. The molecule has 3 rings (SSSR count). The van der Waals surface area contributed by atoms with Gasteiger partial charge in [-0.05, 0) is 18.2 Å². The first kappa shape index (κ1) is 14.1.